The minimum Gasteiger partial charge on any atom is -0.462 e. The van der Waals surface area contributed by atoms with Gasteiger partial charge in [-0.25, -0.2) is 0 Å². The Balaban J connectivity index is 3.19. The Bertz CT molecular complexity index is 268. The number of ether oxygens (including phenoxy) is 4. The molecule has 0 bridgehead atoms. The van der Waals surface area contributed by atoms with Crippen LogP contribution in [-0.4, -0.2) is 39.0 Å². The molecule has 0 aliphatic carbocycles. The smallest absolute Gasteiger partial charge is 0.308 e. The summed E-state index contributed by atoms with van der Waals surface area (Å²) < 4.78 is 18.3. The Morgan fingerprint density at radius 1 is 0.938 bits per heavy atom. The highest BCUT2D eigenvalue weighted by Crippen LogP contribution is 1.89. The van der Waals surface area contributed by atoms with Gasteiger partial charge in [-0.3, -0.25) is 4.79 Å². The average molecular weight is 228 g/mol. The zero-order chi connectivity index (χ0) is 12.1. The number of carbonyl (C=O) groups excluding carboxylic acids is 1. The third-order valence-electron chi connectivity index (χ3n) is 1.36. The molecular weight excluding hydrogens is 216 g/mol. The predicted molar refractivity (Wildman–Crippen MR) is 49.5 cm³/mol. The normalized spacial score (nSPS) is 8.62. The van der Waals surface area contributed by atoms with E-state index in [0.29, 0.717) is 0 Å². The molecule has 0 amide bonds. The first-order valence-corrected chi connectivity index (χ1v) is 4.56. The topological polar surface area (TPSA) is 102 Å². The average Bonchev–Trinajstić information content (AvgIpc) is 2.29. The highest BCUT2D eigenvalue weighted by molar-refractivity contribution is 5.69. The van der Waals surface area contributed by atoms with Crippen molar-refractivity contribution in [1.29, 1.82) is 10.5 Å². The lowest BCUT2D eigenvalue weighted by molar-refractivity contribution is -0.145. The molecule has 16 heavy (non-hydrogen) atoms. The molecule has 0 atom stereocenters. The van der Waals surface area contributed by atoms with E-state index in [9.17, 15) is 4.79 Å². The largest absolute Gasteiger partial charge is 0.462 e. The Morgan fingerprint density at radius 3 is 2.19 bits per heavy atom. The quantitative estimate of drug-likeness (QED) is 0.309. The van der Waals surface area contributed by atoms with E-state index in [-0.39, 0.29) is 39.5 Å². The summed E-state index contributed by atoms with van der Waals surface area (Å²) in [6.07, 6.45) is 3.06. The van der Waals surface area contributed by atoms with E-state index in [2.05, 4.69) is 9.47 Å². The third kappa shape index (κ3) is 10.1. The van der Waals surface area contributed by atoms with E-state index in [4.69, 9.17) is 20.0 Å². The maximum Gasteiger partial charge on any atom is 0.308 e. The van der Waals surface area contributed by atoms with Gasteiger partial charge in [-0.15, -0.1) is 0 Å². The number of hydrogen-bond acceptors (Lipinski definition) is 7. The summed E-state index contributed by atoms with van der Waals surface area (Å²) in [5.74, 6) is -0.428. The van der Waals surface area contributed by atoms with Gasteiger partial charge in [0.2, 0.25) is 0 Å². The van der Waals surface area contributed by atoms with Crippen molar-refractivity contribution in [3.63, 3.8) is 0 Å². The van der Waals surface area contributed by atoms with Crippen LogP contribution in [0.2, 0.25) is 0 Å². The third-order valence-corrected chi connectivity index (χ3v) is 1.36. The van der Waals surface area contributed by atoms with Crippen LogP contribution in [0.25, 0.3) is 0 Å². The number of nitriles is 2. The van der Waals surface area contributed by atoms with E-state index in [1.165, 1.54) is 12.5 Å². The Labute approximate surface area is 93.1 Å². The monoisotopic (exact) mass is 228 g/mol. The van der Waals surface area contributed by atoms with Crippen molar-refractivity contribution in [2.45, 2.75) is 6.42 Å². The summed E-state index contributed by atoms with van der Waals surface area (Å²) in [6, 6.07) is 0. The van der Waals surface area contributed by atoms with Crippen molar-refractivity contribution in [2.75, 3.05) is 33.0 Å². The molecule has 0 aromatic carbocycles. The molecule has 88 valence electrons. The number of carbonyl (C=O) groups is 1. The zero-order valence-electron chi connectivity index (χ0n) is 8.68. The van der Waals surface area contributed by atoms with Gasteiger partial charge < -0.3 is 18.9 Å². The lowest BCUT2D eigenvalue weighted by Gasteiger charge is -2.04. The van der Waals surface area contributed by atoms with Crippen LogP contribution in [0.1, 0.15) is 6.42 Å². The van der Waals surface area contributed by atoms with Crippen molar-refractivity contribution in [3.05, 3.63) is 0 Å². The molecule has 0 saturated carbocycles. The Hall–Kier alpha value is -1.99. The molecule has 0 unspecified atom stereocenters. The van der Waals surface area contributed by atoms with Gasteiger partial charge in [0.05, 0.1) is 19.6 Å². The molecule has 0 saturated heterocycles. The first-order chi connectivity index (χ1) is 7.81. The number of hydrogen-bond donors (Lipinski definition) is 0. The maximum atomic E-state index is 11.0. The van der Waals surface area contributed by atoms with Gasteiger partial charge in [-0.1, -0.05) is 0 Å². The Kier molecular flexibility index (Phi) is 9.71. The summed E-state index contributed by atoms with van der Waals surface area (Å²) in [5.41, 5.74) is 0. The SMILES string of the molecule is N#COCCOCCC(=O)OCCOC#N. The van der Waals surface area contributed by atoms with Gasteiger partial charge in [0.15, 0.2) is 0 Å². The highest BCUT2D eigenvalue weighted by atomic mass is 16.6. The second kappa shape index (κ2) is 11.1. The molecule has 0 fully saturated rings. The number of rotatable bonds is 9. The van der Waals surface area contributed by atoms with Gasteiger partial charge in [0.1, 0.15) is 19.8 Å². The lowest BCUT2D eigenvalue weighted by atomic mass is 10.5. The summed E-state index contributed by atoms with van der Waals surface area (Å²) in [5, 5.41) is 16.0. The van der Waals surface area contributed by atoms with Crippen molar-refractivity contribution in [1.82, 2.24) is 0 Å². The molecule has 7 heteroatoms. The van der Waals surface area contributed by atoms with Crippen molar-refractivity contribution >= 4 is 5.97 Å². The van der Waals surface area contributed by atoms with Gasteiger partial charge >= 0.3 is 5.97 Å². The zero-order valence-corrected chi connectivity index (χ0v) is 8.68. The van der Waals surface area contributed by atoms with Crippen LogP contribution in [0.3, 0.4) is 0 Å². The van der Waals surface area contributed by atoms with Crippen LogP contribution in [0.4, 0.5) is 0 Å². The van der Waals surface area contributed by atoms with Crippen LogP contribution in [0.5, 0.6) is 0 Å². The molecule has 0 aliphatic heterocycles. The molecule has 0 rings (SSSR count). The number of esters is 1. The predicted octanol–water partition coefficient (Wildman–Crippen LogP) is -0.0683. The summed E-state index contributed by atoms with van der Waals surface area (Å²) in [4.78, 5) is 11.0. The maximum absolute atomic E-state index is 11.0. The summed E-state index contributed by atoms with van der Waals surface area (Å²) in [6.45, 7) is 0.718. The van der Waals surface area contributed by atoms with Crippen molar-refractivity contribution in [2.24, 2.45) is 0 Å². The second-order valence-electron chi connectivity index (χ2n) is 2.46. The molecule has 0 N–H and O–H groups in total. The van der Waals surface area contributed by atoms with Crippen molar-refractivity contribution in [3.8, 4) is 12.5 Å². The minimum atomic E-state index is -0.428. The van der Waals surface area contributed by atoms with E-state index < -0.39 is 5.97 Å². The molecule has 0 aliphatic rings. The second-order valence-corrected chi connectivity index (χ2v) is 2.46. The number of nitrogens with zero attached hydrogens (tertiary/aromatic N) is 2. The fourth-order valence-corrected chi connectivity index (χ4v) is 0.719. The van der Waals surface area contributed by atoms with E-state index in [1.807, 2.05) is 0 Å². The van der Waals surface area contributed by atoms with Crippen LogP contribution >= 0.6 is 0 Å². The van der Waals surface area contributed by atoms with Crippen LogP contribution in [0.15, 0.2) is 0 Å². The molecule has 0 heterocycles. The fraction of sp³-hybridized carbons (Fsp3) is 0.667. The molecule has 0 radical (unpaired) electrons. The molecule has 0 spiro atoms. The van der Waals surface area contributed by atoms with Crippen LogP contribution in [-0.2, 0) is 23.7 Å². The summed E-state index contributed by atoms with van der Waals surface area (Å²) in [7, 11) is 0. The van der Waals surface area contributed by atoms with Crippen LogP contribution in [0, 0.1) is 23.0 Å². The first kappa shape index (κ1) is 14.0. The van der Waals surface area contributed by atoms with Gasteiger partial charge in [0, 0.05) is 0 Å². The fourth-order valence-electron chi connectivity index (χ4n) is 0.719. The van der Waals surface area contributed by atoms with E-state index >= 15 is 0 Å². The standard InChI is InChI=1S/C9H12N2O5/c10-7-14-4-3-13-2-1-9(12)16-6-5-15-8-11/h1-6H2. The van der Waals surface area contributed by atoms with E-state index in [0.717, 1.165) is 0 Å². The van der Waals surface area contributed by atoms with Crippen LogP contribution < -0.4 is 0 Å². The minimum absolute atomic E-state index is 0.0456. The first-order valence-electron chi connectivity index (χ1n) is 4.56. The van der Waals surface area contributed by atoms with Gasteiger partial charge in [-0.2, -0.15) is 10.5 Å². The Morgan fingerprint density at radius 2 is 1.56 bits per heavy atom. The van der Waals surface area contributed by atoms with Crippen molar-refractivity contribution < 1.29 is 23.7 Å². The molecule has 0 aromatic heterocycles. The van der Waals surface area contributed by atoms with E-state index in [1.54, 1.807) is 0 Å². The lowest BCUT2D eigenvalue weighted by Crippen LogP contribution is -2.12. The molecular formula is C9H12N2O5. The highest BCUT2D eigenvalue weighted by Gasteiger charge is 2.02. The van der Waals surface area contributed by atoms with Gasteiger partial charge in [-0.05, 0) is 0 Å². The molecule has 0 aromatic rings. The summed E-state index contributed by atoms with van der Waals surface area (Å²) >= 11 is 0. The van der Waals surface area contributed by atoms with Gasteiger partial charge in [0.25, 0.3) is 12.5 Å². The molecule has 7 nitrogen and oxygen atoms in total.